The lowest BCUT2D eigenvalue weighted by atomic mass is 9.96. The molecule has 0 amide bonds. The molecule has 0 nitrogen and oxygen atoms in total. The van der Waals surface area contributed by atoms with Crippen molar-refractivity contribution in [3.8, 4) is 0 Å². The van der Waals surface area contributed by atoms with Gasteiger partial charge in [0.15, 0.2) is 0 Å². The van der Waals surface area contributed by atoms with Gasteiger partial charge in [-0.3, -0.25) is 0 Å². The third-order valence-corrected chi connectivity index (χ3v) is 3.01. The van der Waals surface area contributed by atoms with Crippen molar-refractivity contribution in [3.05, 3.63) is 59.3 Å². The van der Waals surface area contributed by atoms with Crippen molar-refractivity contribution in [3.63, 3.8) is 0 Å². The monoisotopic (exact) mass is 198 g/mol. The molecule has 0 N–H and O–H groups in total. The second kappa shape index (κ2) is 4.97. The molecular weight excluding hydrogens is 180 g/mol. The normalized spacial score (nSPS) is 21.3. The summed E-state index contributed by atoms with van der Waals surface area (Å²) in [5.74, 6) is 0. The van der Waals surface area contributed by atoms with Gasteiger partial charge in [0.1, 0.15) is 0 Å². The molecule has 78 valence electrons. The van der Waals surface area contributed by atoms with Gasteiger partial charge in [-0.05, 0) is 43.8 Å². The van der Waals surface area contributed by atoms with Crippen LogP contribution >= 0.6 is 0 Å². The van der Waals surface area contributed by atoms with E-state index in [0.717, 1.165) is 6.42 Å². The molecule has 0 saturated heterocycles. The SMILES string of the molecule is CC1=C(C2=CC=CC=CC2)C=CCCC1. The van der Waals surface area contributed by atoms with Gasteiger partial charge in [0, 0.05) is 0 Å². The summed E-state index contributed by atoms with van der Waals surface area (Å²) in [5, 5.41) is 0. The first kappa shape index (κ1) is 10.2. The highest BCUT2D eigenvalue weighted by Crippen LogP contribution is 2.26. The Kier molecular flexibility index (Phi) is 3.39. The van der Waals surface area contributed by atoms with Crippen LogP contribution in [0, 0.1) is 0 Å². The van der Waals surface area contributed by atoms with E-state index < -0.39 is 0 Å². The maximum Gasteiger partial charge on any atom is -0.00884 e. The molecule has 0 aliphatic heterocycles. The smallest absolute Gasteiger partial charge is 0.00884 e. The van der Waals surface area contributed by atoms with E-state index in [1.807, 2.05) is 0 Å². The lowest BCUT2D eigenvalue weighted by Gasteiger charge is -2.09. The van der Waals surface area contributed by atoms with Gasteiger partial charge < -0.3 is 0 Å². The summed E-state index contributed by atoms with van der Waals surface area (Å²) in [7, 11) is 0. The van der Waals surface area contributed by atoms with Gasteiger partial charge >= 0.3 is 0 Å². The van der Waals surface area contributed by atoms with Crippen molar-refractivity contribution in [2.45, 2.75) is 32.6 Å². The first-order chi connectivity index (χ1) is 7.38. The van der Waals surface area contributed by atoms with Crippen LogP contribution in [-0.4, -0.2) is 0 Å². The molecule has 0 aromatic rings. The predicted molar refractivity (Wildman–Crippen MR) is 66.7 cm³/mol. The lowest BCUT2D eigenvalue weighted by Crippen LogP contribution is -1.89. The van der Waals surface area contributed by atoms with E-state index >= 15 is 0 Å². The van der Waals surface area contributed by atoms with Gasteiger partial charge in [-0.15, -0.1) is 0 Å². The average Bonchev–Trinajstić information content (AvgIpc) is 2.59. The first-order valence-electron chi connectivity index (χ1n) is 5.77. The van der Waals surface area contributed by atoms with Crippen LogP contribution in [0.2, 0.25) is 0 Å². The standard InChI is InChI=1S/C15H18/c1-13-9-5-4-8-12-15(13)14-10-6-2-3-7-11-14/h2-3,6-8,10,12H,4-5,9,11H2,1H3. The van der Waals surface area contributed by atoms with Crippen LogP contribution in [0.5, 0.6) is 0 Å². The maximum absolute atomic E-state index is 2.31. The summed E-state index contributed by atoms with van der Waals surface area (Å²) >= 11 is 0. The Morgan fingerprint density at radius 1 is 1.07 bits per heavy atom. The van der Waals surface area contributed by atoms with Crippen molar-refractivity contribution in [2.24, 2.45) is 0 Å². The van der Waals surface area contributed by atoms with Crippen molar-refractivity contribution < 1.29 is 0 Å². The lowest BCUT2D eigenvalue weighted by molar-refractivity contribution is 0.838. The fourth-order valence-electron chi connectivity index (χ4n) is 2.12. The fraction of sp³-hybridized carbons (Fsp3) is 0.333. The molecule has 2 rings (SSSR count). The van der Waals surface area contributed by atoms with E-state index in [0.29, 0.717) is 0 Å². The number of hydrogen-bond acceptors (Lipinski definition) is 0. The summed E-state index contributed by atoms with van der Waals surface area (Å²) in [6.07, 6.45) is 20.3. The van der Waals surface area contributed by atoms with Gasteiger partial charge in [-0.2, -0.15) is 0 Å². The van der Waals surface area contributed by atoms with Gasteiger partial charge in [-0.1, -0.05) is 48.1 Å². The zero-order valence-corrected chi connectivity index (χ0v) is 9.37. The van der Waals surface area contributed by atoms with Crippen LogP contribution < -0.4 is 0 Å². The second-order valence-corrected chi connectivity index (χ2v) is 4.20. The minimum Gasteiger partial charge on any atom is -0.0839 e. The summed E-state index contributed by atoms with van der Waals surface area (Å²) in [4.78, 5) is 0. The van der Waals surface area contributed by atoms with Gasteiger partial charge in [-0.25, -0.2) is 0 Å². The Morgan fingerprint density at radius 3 is 2.93 bits per heavy atom. The topological polar surface area (TPSA) is 0 Å². The molecular formula is C15H18. The minimum absolute atomic E-state index is 1.06. The predicted octanol–water partition coefficient (Wildman–Crippen LogP) is 4.49. The van der Waals surface area contributed by atoms with E-state index in [-0.39, 0.29) is 0 Å². The molecule has 2 aliphatic carbocycles. The zero-order valence-electron chi connectivity index (χ0n) is 9.37. The van der Waals surface area contributed by atoms with E-state index in [9.17, 15) is 0 Å². The third-order valence-electron chi connectivity index (χ3n) is 3.01. The first-order valence-corrected chi connectivity index (χ1v) is 5.77. The van der Waals surface area contributed by atoms with Crippen LogP contribution in [0.3, 0.4) is 0 Å². The van der Waals surface area contributed by atoms with E-state index in [1.165, 1.54) is 30.4 Å². The van der Waals surface area contributed by atoms with Crippen molar-refractivity contribution in [1.29, 1.82) is 0 Å². The summed E-state index contributed by atoms with van der Waals surface area (Å²) in [6, 6.07) is 0. The zero-order chi connectivity index (χ0) is 10.5. The van der Waals surface area contributed by atoms with Crippen LogP contribution in [0.15, 0.2) is 59.3 Å². The van der Waals surface area contributed by atoms with Gasteiger partial charge in [0.25, 0.3) is 0 Å². The molecule has 2 aliphatic rings. The van der Waals surface area contributed by atoms with E-state index in [2.05, 4.69) is 49.5 Å². The molecule has 0 heteroatoms. The van der Waals surface area contributed by atoms with Crippen LogP contribution in [0.25, 0.3) is 0 Å². The Labute approximate surface area is 92.4 Å². The largest absolute Gasteiger partial charge is 0.0839 e. The Morgan fingerprint density at radius 2 is 2.00 bits per heavy atom. The molecule has 0 heterocycles. The third kappa shape index (κ3) is 2.59. The van der Waals surface area contributed by atoms with Gasteiger partial charge in [0.05, 0.1) is 0 Å². The highest BCUT2D eigenvalue weighted by Gasteiger charge is 2.07. The second-order valence-electron chi connectivity index (χ2n) is 4.20. The number of hydrogen-bond donors (Lipinski definition) is 0. The van der Waals surface area contributed by atoms with E-state index in [4.69, 9.17) is 0 Å². The van der Waals surface area contributed by atoms with Gasteiger partial charge in [0.2, 0.25) is 0 Å². The molecule has 0 bridgehead atoms. The fourth-order valence-corrected chi connectivity index (χ4v) is 2.12. The van der Waals surface area contributed by atoms with Crippen molar-refractivity contribution in [1.82, 2.24) is 0 Å². The Bertz CT molecular complexity index is 373. The summed E-state index contributed by atoms with van der Waals surface area (Å²) < 4.78 is 0. The molecule has 0 radical (unpaired) electrons. The molecule has 0 atom stereocenters. The molecule has 0 aromatic heterocycles. The summed E-state index contributed by atoms with van der Waals surface area (Å²) in [5.41, 5.74) is 4.46. The minimum atomic E-state index is 1.06. The molecule has 15 heavy (non-hydrogen) atoms. The van der Waals surface area contributed by atoms with E-state index in [1.54, 1.807) is 5.57 Å². The molecule has 0 saturated carbocycles. The highest BCUT2D eigenvalue weighted by atomic mass is 14.1. The highest BCUT2D eigenvalue weighted by molar-refractivity contribution is 5.47. The number of allylic oxidation sites excluding steroid dienone is 10. The molecule has 0 spiro atoms. The quantitative estimate of drug-likeness (QED) is 0.582. The maximum atomic E-state index is 2.31. The molecule has 0 aromatic carbocycles. The van der Waals surface area contributed by atoms with Crippen LogP contribution in [0.4, 0.5) is 0 Å². The van der Waals surface area contributed by atoms with Crippen LogP contribution in [0.1, 0.15) is 32.6 Å². The Balaban J connectivity index is 2.31. The molecule has 0 fully saturated rings. The molecule has 0 unspecified atom stereocenters. The summed E-state index contributed by atoms with van der Waals surface area (Å²) in [6.45, 7) is 2.27. The Hall–Kier alpha value is -1.30. The van der Waals surface area contributed by atoms with Crippen molar-refractivity contribution >= 4 is 0 Å². The number of rotatable bonds is 1. The average molecular weight is 198 g/mol. The van der Waals surface area contributed by atoms with Crippen molar-refractivity contribution in [2.75, 3.05) is 0 Å². The van der Waals surface area contributed by atoms with Crippen LogP contribution in [-0.2, 0) is 0 Å².